The fraction of sp³-hybridized carbons (Fsp3) is 0. The molecule has 13 aromatic rings. The van der Waals surface area contributed by atoms with Gasteiger partial charge in [0.05, 0.1) is 11.0 Å². The highest BCUT2D eigenvalue weighted by Crippen LogP contribution is 2.43. The summed E-state index contributed by atoms with van der Waals surface area (Å²) in [5, 5.41) is 10.5. The van der Waals surface area contributed by atoms with Crippen LogP contribution in [-0.4, -0.2) is 12.6 Å². The second-order valence-electron chi connectivity index (χ2n) is 18.0. The molecule has 0 aliphatic rings. The zero-order chi connectivity index (χ0) is 46.4. The van der Waals surface area contributed by atoms with E-state index in [9.17, 15) is 0 Å². The van der Waals surface area contributed by atoms with Crippen molar-refractivity contribution >= 4 is 99.2 Å². The van der Waals surface area contributed by atoms with Gasteiger partial charge >= 0.3 is 0 Å². The van der Waals surface area contributed by atoms with Gasteiger partial charge in [0.1, 0.15) is 0 Å². The van der Waals surface area contributed by atoms with Gasteiger partial charge in [0.25, 0.3) is 0 Å². The lowest BCUT2D eigenvalue weighted by Gasteiger charge is -2.35. The Hall–Kier alpha value is -8.54. The van der Waals surface area contributed by atoms with Crippen LogP contribution in [0.15, 0.2) is 279 Å². The Morgan fingerprint density at radius 1 is 0.314 bits per heavy atom. The summed E-state index contributed by atoms with van der Waals surface area (Å²) in [6.07, 6.45) is 0. The van der Waals surface area contributed by atoms with Gasteiger partial charge in [0.15, 0.2) is 8.07 Å². The minimum atomic E-state index is -2.72. The van der Waals surface area contributed by atoms with E-state index in [0.717, 1.165) is 22.7 Å². The molecule has 4 heteroatoms. The predicted octanol–water partition coefficient (Wildman–Crippen LogP) is 15.3. The van der Waals surface area contributed by atoms with E-state index in [4.69, 9.17) is 0 Å². The third kappa shape index (κ3) is 6.91. The lowest BCUT2D eigenvalue weighted by atomic mass is 9.99. The minimum absolute atomic E-state index is 1.09. The first-order valence-electron chi connectivity index (χ1n) is 24.0. The molecule has 2 nitrogen and oxygen atoms in total. The maximum absolute atomic E-state index is 2.72. The van der Waals surface area contributed by atoms with Gasteiger partial charge in [-0.05, 0) is 110 Å². The molecule has 0 bridgehead atoms. The van der Waals surface area contributed by atoms with Gasteiger partial charge in [-0.1, -0.05) is 212 Å². The van der Waals surface area contributed by atoms with Crippen molar-refractivity contribution in [2.75, 3.05) is 4.90 Å². The third-order valence-electron chi connectivity index (χ3n) is 14.2. The molecule has 2 aromatic heterocycles. The summed E-state index contributed by atoms with van der Waals surface area (Å²) in [6, 6.07) is 103. The fourth-order valence-corrected chi connectivity index (χ4v) is 17.0. The standard InChI is InChI=1S/C66H46N2SSi/c1-5-19-49(20-6-1)68-62-32-15-13-28-61(62)65-57(29-18-33-63(65)68)47-35-39-50(40-36-47)67(51-41-37-48(38-42-51)58-30-17-31-60-59-27-14-16-34-64(59)69-66(58)60)52-43-45-56(46-44-52)70(53-21-7-2-8-22-53,54-23-9-3-10-24-54)55-25-11-4-12-26-55/h1-46H. The first kappa shape index (κ1) is 41.6. The van der Waals surface area contributed by atoms with Gasteiger partial charge in [-0.2, -0.15) is 0 Å². The van der Waals surface area contributed by atoms with Crippen LogP contribution in [0, 0.1) is 0 Å². The Kier molecular flexibility index (Phi) is 10.4. The maximum Gasteiger partial charge on any atom is 0.179 e. The van der Waals surface area contributed by atoms with Crippen LogP contribution in [0.5, 0.6) is 0 Å². The Balaban J connectivity index is 0.955. The Bertz CT molecular complexity index is 3860. The molecule has 0 saturated heterocycles. The van der Waals surface area contributed by atoms with Crippen LogP contribution in [0.1, 0.15) is 0 Å². The molecule has 0 radical (unpaired) electrons. The average molecular weight is 927 g/mol. The van der Waals surface area contributed by atoms with E-state index in [1.165, 1.54) is 85.0 Å². The second-order valence-corrected chi connectivity index (χ2v) is 22.9. The predicted molar refractivity (Wildman–Crippen MR) is 303 cm³/mol. The van der Waals surface area contributed by atoms with Gasteiger partial charge in [0.2, 0.25) is 0 Å². The molecule has 0 fully saturated rings. The Morgan fingerprint density at radius 3 is 1.34 bits per heavy atom. The number of nitrogens with zero attached hydrogens (tertiary/aromatic N) is 2. The number of benzene rings is 11. The summed E-state index contributed by atoms with van der Waals surface area (Å²) in [4.78, 5) is 2.41. The Morgan fingerprint density at radius 2 is 0.743 bits per heavy atom. The molecular weight excluding hydrogens is 881 g/mol. The van der Waals surface area contributed by atoms with Crippen molar-refractivity contribution in [3.05, 3.63) is 279 Å². The van der Waals surface area contributed by atoms with Crippen molar-refractivity contribution in [3.8, 4) is 27.9 Å². The van der Waals surface area contributed by atoms with Crippen molar-refractivity contribution < 1.29 is 0 Å². The number of thiophene rings is 1. The molecule has 13 rings (SSSR count). The highest BCUT2D eigenvalue weighted by atomic mass is 32.1. The zero-order valence-corrected chi connectivity index (χ0v) is 40.2. The molecule has 0 amide bonds. The summed E-state index contributed by atoms with van der Waals surface area (Å²) in [6.45, 7) is 0. The van der Waals surface area contributed by atoms with Crippen LogP contribution in [0.2, 0.25) is 0 Å². The first-order chi connectivity index (χ1) is 34.7. The van der Waals surface area contributed by atoms with Crippen LogP contribution >= 0.6 is 11.3 Å². The lowest BCUT2D eigenvalue weighted by Crippen LogP contribution is -2.74. The van der Waals surface area contributed by atoms with Crippen LogP contribution in [0.4, 0.5) is 17.1 Å². The van der Waals surface area contributed by atoms with Crippen molar-refractivity contribution in [2.45, 2.75) is 0 Å². The number of anilines is 3. The molecule has 0 unspecified atom stereocenters. The smallest absolute Gasteiger partial charge is 0.179 e. The van der Waals surface area contributed by atoms with E-state index in [2.05, 4.69) is 289 Å². The van der Waals surface area contributed by atoms with Gasteiger partial charge < -0.3 is 9.47 Å². The summed E-state index contributed by atoms with van der Waals surface area (Å²) in [7, 11) is -2.72. The topological polar surface area (TPSA) is 8.17 Å². The normalized spacial score (nSPS) is 11.7. The molecule has 2 heterocycles. The molecule has 0 atom stereocenters. The molecule has 70 heavy (non-hydrogen) atoms. The number of fused-ring (bicyclic) bond motifs is 6. The van der Waals surface area contributed by atoms with E-state index in [1.807, 2.05) is 11.3 Å². The van der Waals surface area contributed by atoms with Crippen molar-refractivity contribution in [1.29, 1.82) is 0 Å². The van der Waals surface area contributed by atoms with E-state index >= 15 is 0 Å². The monoisotopic (exact) mass is 926 g/mol. The average Bonchev–Trinajstić information content (AvgIpc) is 4.00. The summed E-state index contributed by atoms with van der Waals surface area (Å²) in [5.74, 6) is 0. The SMILES string of the molecule is c1ccc(-n2c3ccccc3c3c(-c4ccc(N(c5ccc(-c6cccc7c6sc6ccccc67)cc5)c5ccc([Si](c6ccccc6)(c6ccccc6)c6ccccc6)cc5)cc4)cccc32)cc1. The summed E-state index contributed by atoms with van der Waals surface area (Å²) >= 11 is 1.88. The largest absolute Gasteiger partial charge is 0.311 e. The van der Waals surface area contributed by atoms with Gasteiger partial charge in [-0.15, -0.1) is 11.3 Å². The molecule has 0 spiro atoms. The molecule has 0 aliphatic heterocycles. The molecule has 330 valence electrons. The highest BCUT2D eigenvalue weighted by Gasteiger charge is 2.41. The first-order valence-corrected chi connectivity index (χ1v) is 26.8. The van der Waals surface area contributed by atoms with E-state index < -0.39 is 8.07 Å². The molecule has 0 saturated carbocycles. The zero-order valence-electron chi connectivity index (χ0n) is 38.4. The number of hydrogen-bond donors (Lipinski definition) is 0. The number of hydrogen-bond acceptors (Lipinski definition) is 2. The quantitative estimate of drug-likeness (QED) is 0.0980. The van der Waals surface area contributed by atoms with Gasteiger partial charge in [0, 0.05) is 53.7 Å². The van der Waals surface area contributed by atoms with Crippen LogP contribution in [-0.2, 0) is 0 Å². The number of rotatable bonds is 10. The van der Waals surface area contributed by atoms with Gasteiger partial charge in [-0.3, -0.25) is 0 Å². The summed E-state index contributed by atoms with van der Waals surface area (Å²) in [5.41, 5.74) is 11.7. The third-order valence-corrected chi connectivity index (χ3v) is 20.2. The molecular formula is C66H46N2SSi. The lowest BCUT2D eigenvalue weighted by molar-refractivity contribution is 1.18. The fourth-order valence-electron chi connectivity index (χ4n) is 11.0. The van der Waals surface area contributed by atoms with Crippen LogP contribution < -0.4 is 25.6 Å². The van der Waals surface area contributed by atoms with Crippen LogP contribution in [0.3, 0.4) is 0 Å². The number of aromatic nitrogens is 1. The second kappa shape index (κ2) is 17.5. The van der Waals surface area contributed by atoms with Crippen molar-refractivity contribution in [1.82, 2.24) is 4.57 Å². The van der Waals surface area contributed by atoms with E-state index in [0.29, 0.717) is 0 Å². The van der Waals surface area contributed by atoms with E-state index in [1.54, 1.807) is 0 Å². The number of para-hydroxylation sites is 2. The van der Waals surface area contributed by atoms with Gasteiger partial charge in [-0.25, -0.2) is 0 Å². The highest BCUT2D eigenvalue weighted by molar-refractivity contribution is 7.26. The van der Waals surface area contributed by atoms with Crippen molar-refractivity contribution in [2.24, 2.45) is 0 Å². The summed E-state index contributed by atoms with van der Waals surface area (Å²) < 4.78 is 5.03. The minimum Gasteiger partial charge on any atom is -0.311 e. The maximum atomic E-state index is 2.41. The molecule has 0 aliphatic carbocycles. The van der Waals surface area contributed by atoms with Crippen LogP contribution in [0.25, 0.3) is 69.9 Å². The van der Waals surface area contributed by atoms with Crippen molar-refractivity contribution in [3.63, 3.8) is 0 Å². The molecule has 11 aromatic carbocycles. The Labute approximate surface area is 413 Å². The van der Waals surface area contributed by atoms with E-state index in [-0.39, 0.29) is 0 Å². The molecule has 0 N–H and O–H groups in total.